The van der Waals surface area contributed by atoms with E-state index in [1.165, 1.54) is 33.5 Å². The van der Waals surface area contributed by atoms with Gasteiger partial charge >= 0.3 is 5.63 Å². The molecule has 1 saturated heterocycles. The quantitative estimate of drug-likeness (QED) is 0.232. The molecule has 12 nitrogen and oxygen atoms in total. The number of benzene rings is 3. The van der Waals surface area contributed by atoms with Gasteiger partial charge in [0.25, 0.3) is 5.91 Å². The van der Waals surface area contributed by atoms with Crippen molar-refractivity contribution in [2.45, 2.75) is 44.1 Å². The predicted molar refractivity (Wildman–Crippen MR) is 164 cm³/mol. The number of carbonyl (C=O) groups is 1. The van der Waals surface area contributed by atoms with Crippen molar-refractivity contribution in [1.29, 1.82) is 0 Å². The maximum atomic E-state index is 13.3. The Morgan fingerprint density at radius 3 is 2.33 bits per heavy atom. The molecule has 12 heteroatoms. The Balaban J connectivity index is 1.42. The van der Waals surface area contributed by atoms with Crippen molar-refractivity contribution in [2.75, 3.05) is 33.8 Å². The summed E-state index contributed by atoms with van der Waals surface area (Å²) in [5.74, 6) is 0.802. The maximum Gasteiger partial charge on any atom is 0.360 e. The second-order valence-corrected chi connectivity index (χ2v) is 10.9. The number of amides is 1. The van der Waals surface area contributed by atoms with Crippen LogP contribution >= 0.6 is 0 Å². The number of hydrogen-bond donors (Lipinski definition) is 3. The summed E-state index contributed by atoms with van der Waals surface area (Å²) in [5.41, 5.74) is -0.166. The number of carbonyl (C=O) groups excluding carboxylic acids is 1. The number of methoxy groups -OCH3 is 4. The van der Waals surface area contributed by atoms with E-state index in [1.807, 2.05) is 24.3 Å². The van der Waals surface area contributed by atoms with Gasteiger partial charge < -0.3 is 48.4 Å². The highest BCUT2D eigenvalue weighted by atomic mass is 16.7. The lowest BCUT2D eigenvalue weighted by Crippen LogP contribution is -2.63. The van der Waals surface area contributed by atoms with Gasteiger partial charge in [-0.2, -0.15) is 0 Å². The fraction of sp³-hybridized carbons (Fsp3) is 0.333. The van der Waals surface area contributed by atoms with Crippen LogP contribution in [-0.2, 0) is 9.47 Å². The van der Waals surface area contributed by atoms with Gasteiger partial charge in [-0.3, -0.25) is 4.79 Å². The average Bonchev–Trinajstić information content (AvgIpc) is 3.03. The first-order valence-corrected chi connectivity index (χ1v) is 14.0. The topological polar surface area (TPSA) is 155 Å². The average molecular weight is 622 g/mol. The zero-order valence-corrected chi connectivity index (χ0v) is 25.7. The van der Waals surface area contributed by atoms with Gasteiger partial charge in [-0.1, -0.05) is 12.1 Å². The van der Waals surface area contributed by atoms with E-state index >= 15 is 0 Å². The van der Waals surface area contributed by atoms with E-state index in [0.717, 1.165) is 5.56 Å². The number of rotatable bonds is 9. The van der Waals surface area contributed by atoms with E-state index in [1.54, 1.807) is 45.2 Å². The molecule has 0 saturated carbocycles. The molecule has 2 heterocycles. The van der Waals surface area contributed by atoms with E-state index in [9.17, 15) is 19.8 Å². The lowest BCUT2D eigenvalue weighted by molar-refractivity contribution is -0.306. The third-order valence-electron chi connectivity index (χ3n) is 7.66. The zero-order chi connectivity index (χ0) is 32.5. The Bertz CT molecular complexity index is 1770. The second-order valence-electron chi connectivity index (χ2n) is 10.9. The van der Waals surface area contributed by atoms with Crippen molar-refractivity contribution in [3.8, 4) is 34.1 Å². The number of fused-ring (bicyclic) bond motifs is 1. The van der Waals surface area contributed by atoms with Gasteiger partial charge in [0.1, 0.15) is 35.5 Å². The van der Waals surface area contributed by atoms with Gasteiger partial charge in [0.2, 0.25) is 12.0 Å². The molecule has 4 aromatic rings. The highest BCUT2D eigenvalue weighted by Gasteiger charge is 2.50. The van der Waals surface area contributed by atoms with Crippen molar-refractivity contribution >= 4 is 22.6 Å². The predicted octanol–water partition coefficient (Wildman–Crippen LogP) is 3.99. The molecule has 3 N–H and O–H groups in total. The first kappa shape index (κ1) is 31.8. The van der Waals surface area contributed by atoms with Crippen LogP contribution in [0.3, 0.4) is 0 Å². The Morgan fingerprint density at radius 1 is 0.889 bits per heavy atom. The van der Waals surface area contributed by atoms with Crippen molar-refractivity contribution in [1.82, 2.24) is 0 Å². The Morgan fingerprint density at radius 2 is 1.64 bits per heavy atom. The monoisotopic (exact) mass is 621 g/mol. The smallest absolute Gasteiger partial charge is 0.360 e. The van der Waals surface area contributed by atoms with Crippen LogP contribution in [0.15, 0.2) is 69.9 Å². The van der Waals surface area contributed by atoms with Crippen molar-refractivity contribution in [2.24, 2.45) is 0 Å². The molecule has 0 spiro atoms. The molecule has 1 fully saturated rings. The molecule has 5 rings (SSSR count). The minimum atomic E-state index is -1.45. The van der Waals surface area contributed by atoms with Crippen LogP contribution in [0.4, 0.5) is 5.69 Å². The van der Waals surface area contributed by atoms with Crippen LogP contribution in [0.5, 0.6) is 23.0 Å². The van der Waals surface area contributed by atoms with Crippen LogP contribution in [0.2, 0.25) is 0 Å². The normalized spacial score (nSPS) is 20.8. The molecule has 1 amide bonds. The van der Waals surface area contributed by atoms with Crippen LogP contribution in [0, 0.1) is 0 Å². The fourth-order valence-corrected chi connectivity index (χ4v) is 5.40. The maximum absolute atomic E-state index is 13.3. The summed E-state index contributed by atoms with van der Waals surface area (Å²) >= 11 is 0. The van der Waals surface area contributed by atoms with E-state index in [0.29, 0.717) is 22.4 Å². The third kappa shape index (κ3) is 6.18. The fourth-order valence-electron chi connectivity index (χ4n) is 5.40. The Labute approximate surface area is 259 Å². The summed E-state index contributed by atoms with van der Waals surface area (Å²) in [6, 6.07) is 16.8. The Hall–Kier alpha value is -4.62. The summed E-state index contributed by atoms with van der Waals surface area (Å²) in [5, 5.41) is 24.3. The minimum absolute atomic E-state index is 0.0441. The number of aliphatic hydroxyl groups excluding tert-OH is 2. The van der Waals surface area contributed by atoms with Gasteiger partial charge in [-0.15, -0.1) is 0 Å². The zero-order valence-electron chi connectivity index (χ0n) is 25.7. The van der Waals surface area contributed by atoms with E-state index < -0.39 is 41.7 Å². The SMILES string of the molecule is COc1cccc(-c2cc(C(=O)Nc3cc4ccc(O[C@@H]5OC(C)(C)[C@H](OC)[C@@H](O)[C@@H]5O)c(OC)c4oc3=O)ccc2OC)c1. The van der Waals surface area contributed by atoms with Crippen LogP contribution in [-0.4, -0.2) is 74.8 Å². The largest absolute Gasteiger partial charge is 0.497 e. The summed E-state index contributed by atoms with van der Waals surface area (Å²) in [4.78, 5) is 26.3. The standard InChI is InChI=1S/C33H35NO11/c1-33(2)29(42-6)25(35)26(36)32(45-33)43-24-13-10-18-16-22(31(38)44-27(18)28(24)41-5)34-30(37)19-11-12-23(40-4)21(15-19)17-8-7-9-20(14-17)39-3/h7-16,25-26,29,32,35-36H,1-6H3,(H,34,37)/t25-,26-,29+,32+/m0/s1. The van der Waals surface area contributed by atoms with Gasteiger partial charge in [-0.25, -0.2) is 4.79 Å². The highest BCUT2D eigenvalue weighted by molar-refractivity contribution is 6.06. The molecule has 1 aliphatic heterocycles. The van der Waals surface area contributed by atoms with Crippen LogP contribution < -0.4 is 29.9 Å². The van der Waals surface area contributed by atoms with Gasteiger partial charge in [0, 0.05) is 23.6 Å². The first-order valence-electron chi connectivity index (χ1n) is 14.0. The summed E-state index contributed by atoms with van der Waals surface area (Å²) in [6.45, 7) is 3.40. The molecule has 0 bridgehead atoms. The lowest BCUT2D eigenvalue weighted by atomic mass is 9.89. The highest BCUT2D eigenvalue weighted by Crippen LogP contribution is 2.39. The molecule has 0 radical (unpaired) electrons. The molecule has 4 atom stereocenters. The molecule has 238 valence electrons. The van der Waals surface area contributed by atoms with Crippen molar-refractivity contribution in [3.05, 3.63) is 76.6 Å². The molecule has 0 aliphatic carbocycles. The minimum Gasteiger partial charge on any atom is -0.497 e. The number of anilines is 1. The summed E-state index contributed by atoms with van der Waals surface area (Å²) in [7, 11) is 5.87. The van der Waals surface area contributed by atoms with E-state index in [4.69, 9.17) is 32.8 Å². The number of ether oxygens (including phenoxy) is 6. The lowest BCUT2D eigenvalue weighted by Gasteiger charge is -2.46. The van der Waals surface area contributed by atoms with Crippen LogP contribution in [0.1, 0.15) is 24.2 Å². The van der Waals surface area contributed by atoms with E-state index in [-0.39, 0.29) is 28.3 Å². The van der Waals surface area contributed by atoms with E-state index in [2.05, 4.69) is 5.32 Å². The Kier molecular flexibility index (Phi) is 9.03. The third-order valence-corrected chi connectivity index (χ3v) is 7.66. The van der Waals surface area contributed by atoms with Crippen molar-refractivity contribution in [3.63, 3.8) is 0 Å². The van der Waals surface area contributed by atoms with Gasteiger partial charge in [-0.05, 0) is 67.9 Å². The summed E-state index contributed by atoms with van der Waals surface area (Å²) in [6.07, 6.45) is -4.83. The first-order chi connectivity index (χ1) is 21.5. The molecule has 1 aromatic heterocycles. The number of aliphatic hydroxyl groups is 2. The molecule has 0 unspecified atom stereocenters. The van der Waals surface area contributed by atoms with Crippen molar-refractivity contribution < 1.29 is 47.8 Å². The molecular formula is C33H35NO11. The van der Waals surface area contributed by atoms with Crippen LogP contribution in [0.25, 0.3) is 22.1 Å². The number of nitrogens with one attached hydrogen (secondary N) is 1. The molecule has 3 aromatic carbocycles. The van der Waals surface area contributed by atoms with Gasteiger partial charge in [0.05, 0.1) is 26.9 Å². The number of hydrogen-bond acceptors (Lipinski definition) is 11. The second kappa shape index (κ2) is 12.8. The summed E-state index contributed by atoms with van der Waals surface area (Å²) < 4.78 is 39.0. The molecular weight excluding hydrogens is 586 g/mol. The molecule has 1 aliphatic rings. The van der Waals surface area contributed by atoms with Gasteiger partial charge in [0.15, 0.2) is 11.3 Å². The molecule has 45 heavy (non-hydrogen) atoms.